The van der Waals surface area contributed by atoms with Crippen LogP contribution >= 0.6 is 11.6 Å². The quantitative estimate of drug-likeness (QED) is 0.327. The Morgan fingerprint density at radius 2 is 1.31 bits per heavy atom. The van der Waals surface area contributed by atoms with Gasteiger partial charge in [-0.05, 0) is 62.6 Å². The summed E-state index contributed by atoms with van der Waals surface area (Å²) in [5.41, 5.74) is 8.25. The van der Waals surface area contributed by atoms with Gasteiger partial charge in [-0.3, -0.25) is 0 Å². The predicted octanol–water partition coefficient (Wildman–Crippen LogP) is 10.4. The van der Waals surface area contributed by atoms with E-state index < -0.39 is 0 Å². The molecular formula is C30H46ClN. The molecule has 0 heterocycles. The molecular weight excluding hydrogens is 410 g/mol. The zero-order chi connectivity index (χ0) is 25.9. The van der Waals surface area contributed by atoms with E-state index in [-0.39, 0.29) is 0 Å². The second-order valence-electron chi connectivity index (χ2n) is 6.82. The molecule has 178 valence electrons. The summed E-state index contributed by atoms with van der Waals surface area (Å²) in [6, 6.07) is 14.5. The second kappa shape index (κ2) is 20.4. The molecule has 0 saturated heterocycles. The molecule has 2 heteroatoms. The third-order valence-electron chi connectivity index (χ3n) is 4.16. The molecule has 0 aliphatic carbocycles. The molecule has 2 aromatic carbocycles. The van der Waals surface area contributed by atoms with E-state index in [2.05, 4.69) is 110 Å². The molecule has 0 aliphatic rings. The lowest BCUT2D eigenvalue weighted by atomic mass is 10.0. The van der Waals surface area contributed by atoms with E-state index in [1.165, 1.54) is 28.8 Å². The molecule has 0 spiro atoms. The van der Waals surface area contributed by atoms with Gasteiger partial charge in [-0.1, -0.05) is 87.7 Å². The van der Waals surface area contributed by atoms with Crippen molar-refractivity contribution >= 4 is 23.0 Å². The molecule has 0 aromatic heterocycles. The van der Waals surface area contributed by atoms with Gasteiger partial charge >= 0.3 is 0 Å². The zero-order valence-electron chi connectivity index (χ0n) is 22.1. The number of hydrogen-bond acceptors (Lipinski definition) is 1. The molecule has 0 saturated carbocycles. The van der Waals surface area contributed by atoms with Gasteiger partial charge in [-0.25, -0.2) is 0 Å². The third-order valence-corrected chi connectivity index (χ3v) is 4.41. The van der Waals surface area contributed by atoms with Crippen LogP contribution in [0.2, 0.25) is 5.02 Å². The van der Waals surface area contributed by atoms with Gasteiger partial charge in [-0.15, -0.1) is 26.3 Å². The highest BCUT2D eigenvalue weighted by Crippen LogP contribution is 2.32. The van der Waals surface area contributed by atoms with Gasteiger partial charge in [0.1, 0.15) is 0 Å². The van der Waals surface area contributed by atoms with E-state index in [4.69, 9.17) is 11.6 Å². The Morgan fingerprint density at radius 1 is 0.875 bits per heavy atom. The zero-order valence-corrected chi connectivity index (χ0v) is 22.9. The van der Waals surface area contributed by atoms with Crippen LogP contribution in [0.3, 0.4) is 0 Å². The molecule has 0 amide bonds. The molecule has 0 unspecified atom stereocenters. The lowest BCUT2D eigenvalue weighted by Gasteiger charge is -2.27. The summed E-state index contributed by atoms with van der Waals surface area (Å²) in [6.07, 6.45) is 1.25. The van der Waals surface area contributed by atoms with E-state index >= 15 is 0 Å². The highest BCUT2D eigenvalue weighted by Gasteiger charge is 2.15. The lowest BCUT2D eigenvalue weighted by Crippen LogP contribution is -2.18. The largest absolute Gasteiger partial charge is 0.344 e. The van der Waals surface area contributed by atoms with Gasteiger partial charge in [0.2, 0.25) is 0 Å². The first-order valence-corrected chi connectivity index (χ1v) is 11.5. The smallest absolute Gasteiger partial charge is 0.0513 e. The Labute approximate surface area is 204 Å². The van der Waals surface area contributed by atoms with Crippen molar-refractivity contribution in [2.45, 2.75) is 61.8 Å². The summed E-state index contributed by atoms with van der Waals surface area (Å²) in [5, 5.41) is 0.746. The van der Waals surface area contributed by atoms with Gasteiger partial charge in [0.15, 0.2) is 0 Å². The van der Waals surface area contributed by atoms with E-state index in [0.717, 1.165) is 21.9 Å². The van der Waals surface area contributed by atoms with Crippen molar-refractivity contribution < 1.29 is 0 Å². The third kappa shape index (κ3) is 11.8. The number of aryl methyl sites for hydroxylation is 2. The highest BCUT2D eigenvalue weighted by molar-refractivity contribution is 6.30. The maximum Gasteiger partial charge on any atom is 0.0513 e. The number of rotatable bonds is 4. The van der Waals surface area contributed by atoms with E-state index in [9.17, 15) is 0 Å². The molecule has 1 nitrogen and oxygen atoms in total. The lowest BCUT2D eigenvalue weighted by molar-refractivity contribution is 1.09. The van der Waals surface area contributed by atoms with Crippen LogP contribution in [0.5, 0.6) is 0 Å². The van der Waals surface area contributed by atoms with Gasteiger partial charge in [0, 0.05) is 17.8 Å². The maximum atomic E-state index is 6.05. The van der Waals surface area contributed by atoms with Crippen molar-refractivity contribution in [1.82, 2.24) is 0 Å². The van der Waals surface area contributed by atoms with Crippen LogP contribution in [-0.2, 0) is 0 Å². The summed E-state index contributed by atoms with van der Waals surface area (Å²) in [5.74, 6) is 0. The fraction of sp³-hybridized carbons (Fsp3) is 0.333. The normalized spacial score (nSPS) is 9.56. The Morgan fingerprint density at radius 3 is 1.69 bits per heavy atom. The summed E-state index contributed by atoms with van der Waals surface area (Å²) >= 11 is 6.05. The Bertz CT molecular complexity index is 798. The fourth-order valence-corrected chi connectivity index (χ4v) is 2.90. The van der Waals surface area contributed by atoms with E-state index in [1.807, 2.05) is 32.9 Å². The van der Waals surface area contributed by atoms with E-state index in [0.29, 0.717) is 0 Å². The monoisotopic (exact) mass is 455 g/mol. The molecule has 0 atom stereocenters. The van der Waals surface area contributed by atoms with Crippen molar-refractivity contribution in [2.24, 2.45) is 0 Å². The number of anilines is 1. The Hall–Kier alpha value is -2.51. The average Bonchev–Trinajstić information content (AvgIpc) is 2.79. The van der Waals surface area contributed by atoms with Crippen LogP contribution in [0.1, 0.15) is 64.7 Å². The minimum atomic E-state index is 0.746. The standard InChI is InChI=1S/C21H24ClN.C3H8.C2H6.2C2H4/c1-14(2)17(5)21(18-8-10-19(22)11-9-18)23(6)20-12-7-15(3)13-16(20)4;1-3-2;3*1-2/h7-13H,1H2,2-6H3;3H2,1-2H3;1-2H3;2*1-2H2/b21-17-;;;;. The molecule has 0 N–H and O–H groups in total. The van der Waals surface area contributed by atoms with Crippen LogP contribution in [0, 0.1) is 13.8 Å². The second-order valence-corrected chi connectivity index (χ2v) is 7.25. The molecule has 0 aliphatic heterocycles. The summed E-state index contributed by atoms with van der Waals surface area (Å²) in [4.78, 5) is 2.24. The van der Waals surface area contributed by atoms with Crippen LogP contribution in [0.25, 0.3) is 5.70 Å². The summed E-state index contributed by atoms with van der Waals surface area (Å²) in [6.45, 7) is 32.8. The molecule has 0 bridgehead atoms. The van der Waals surface area contributed by atoms with Gasteiger partial charge in [0.05, 0.1) is 5.70 Å². The fourth-order valence-electron chi connectivity index (χ4n) is 2.77. The number of halogens is 1. The molecule has 0 radical (unpaired) electrons. The number of allylic oxidation sites excluding steroid dienone is 2. The van der Waals surface area contributed by atoms with Crippen LogP contribution in [0.4, 0.5) is 5.69 Å². The minimum absolute atomic E-state index is 0.746. The summed E-state index contributed by atoms with van der Waals surface area (Å²) in [7, 11) is 2.11. The Kier molecular flexibility index (Phi) is 21.7. The van der Waals surface area contributed by atoms with Crippen molar-refractivity contribution in [1.29, 1.82) is 0 Å². The maximum absolute atomic E-state index is 6.05. The molecule has 0 fully saturated rings. The predicted molar refractivity (Wildman–Crippen MR) is 153 cm³/mol. The topological polar surface area (TPSA) is 3.24 Å². The minimum Gasteiger partial charge on any atom is -0.344 e. The van der Waals surface area contributed by atoms with Crippen LogP contribution in [-0.4, -0.2) is 7.05 Å². The number of benzene rings is 2. The number of nitrogens with zero attached hydrogens (tertiary/aromatic N) is 1. The van der Waals surface area contributed by atoms with Crippen molar-refractivity contribution in [3.63, 3.8) is 0 Å². The van der Waals surface area contributed by atoms with Crippen molar-refractivity contribution in [3.05, 3.63) is 108 Å². The van der Waals surface area contributed by atoms with Crippen molar-refractivity contribution in [2.75, 3.05) is 11.9 Å². The summed E-state index contributed by atoms with van der Waals surface area (Å²) < 4.78 is 0. The van der Waals surface area contributed by atoms with Crippen LogP contribution in [0.15, 0.2) is 86.5 Å². The average molecular weight is 456 g/mol. The number of hydrogen-bond donors (Lipinski definition) is 0. The Balaban J connectivity index is -0.000000822. The SMILES string of the molecule is C=C.C=C.C=C(C)/C(C)=C(/c1ccc(Cl)cc1)N(C)c1ccc(C)cc1C.CC.CCC. The first-order valence-electron chi connectivity index (χ1n) is 11.2. The van der Waals surface area contributed by atoms with E-state index in [1.54, 1.807) is 0 Å². The first-order chi connectivity index (χ1) is 15.2. The molecule has 2 rings (SSSR count). The van der Waals surface area contributed by atoms with Crippen LogP contribution < -0.4 is 4.90 Å². The van der Waals surface area contributed by atoms with Gasteiger partial charge < -0.3 is 4.90 Å². The van der Waals surface area contributed by atoms with Crippen molar-refractivity contribution in [3.8, 4) is 0 Å². The van der Waals surface area contributed by atoms with Gasteiger partial charge in [-0.2, -0.15) is 0 Å². The molecule has 2 aromatic rings. The van der Waals surface area contributed by atoms with Gasteiger partial charge in [0.25, 0.3) is 0 Å². The first kappa shape index (κ1) is 34.1. The highest BCUT2D eigenvalue weighted by atomic mass is 35.5. The molecule has 32 heavy (non-hydrogen) atoms.